The van der Waals surface area contributed by atoms with E-state index in [0.717, 1.165) is 68.9 Å². The van der Waals surface area contributed by atoms with Crippen LogP contribution in [0.2, 0.25) is 17.1 Å². The lowest BCUT2D eigenvalue weighted by atomic mass is 10.1. The van der Waals surface area contributed by atoms with Crippen LogP contribution in [-0.2, 0) is 17.4 Å². The number of ether oxygens (including phenoxy) is 3. The van der Waals surface area contributed by atoms with E-state index in [1.165, 1.54) is 0 Å². The summed E-state index contributed by atoms with van der Waals surface area (Å²) < 4.78 is 25.5. The van der Waals surface area contributed by atoms with E-state index in [4.69, 9.17) is 28.7 Å². The highest BCUT2D eigenvalue weighted by Crippen LogP contribution is 2.43. The van der Waals surface area contributed by atoms with Crippen molar-refractivity contribution in [1.29, 1.82) is 0 Å². The fraction of sp³-hybridized carbons (Fsp3) is 0.447. The second-order valence-corrected chi connectivity index (χ2v) is 19.3. The molecule has 2 aliphatic rings. The van der Waals surface area contributed by atoms with Gasteiger partial charge in [-0.15, -0.1) is 5.10 Å². The fourth-order valence-electron chi connectivity index (χ4n) is 7.18. The summed E-state index contributed by atoms with van der Waals surface area (Å²) in [6, 6.07) is 17.8. The lowest BCUT2D eigenvalue weighted by Gasteiger charge is -2.41. The largest absolute Gasteiger partial charge is 0.497 e. The van der Waals surface area contributed by atoms with Crippen molar-refractivity contribution in [1.82, 2.24) is 19.7 Å². The molecule has 50 heavy (non-hydrogen) atoms. The van der Waals surface area contributed by atoms with E-state index in [9.17, 15) is 4.79 Å². The van der Waals surface area contributed by atoms with E-state index in [0.29, 0.717) is 38.5 Å². The zero-order valence-electron chi connectivity index (χ0n) is 30.6. The van der Waals surface area contributed by atoms with Gasteiger partial charge in [0, 0.05) is 67.4 Å². The highest BCUT2D eigenvalue weighted by molar-refractivity contribution is 6.76. The van der Waals surface area contributed by atoms with Gasteiger partial charge in [0.15, 0.2) is 25.6 Å². The third-order valence-corrected chi connectivity index (χ3v) is 16.0. The molecule has 6 rings (SSSR count). The Labute approximate surface area is 296 Å². The van der Waals surface area contributed by atoms with Gasteiger partial charge in [-0.2, -0.15) is 0 Å². The quantitative estimate of drug-likeness (QED) is 0.140. The molecule has 1 N–H and O–H groups in total. The number of benzene rings is 2. The van der Waals surface area contributed by atoms with Gasteiger partial charge < -0.3 is 28.9 Å². The number of hydrogen-bond donors (Lipinski definition) is 1. The van der Waals surface area contributed by atoms with E-state index in [-0.39, 0.29) is 17.9 Å². The Morgan fingerprint density at radius 2 is 1.76 bits per heavy atom. The SMILES string of the molecule is CC[Si](CC)(OCCc1c(-n2ccc(N3CCN(Cc4ccc(OC)cc4)C3=O)n2)cc(C)nc1Nc1ccc2c(c1C)OCO2)C(C)(C)C. The number of carbonyl (C=O) groups excluding carboxylic acids is 1. The summed E-state index contributed by atoms with van der Waals surface area (Å²) in [5, 5.41) is 8.70. The molecular formula is C38H50N6O5Si. The van der Waals surface area contributed by atoms with Gasteiger partial charge >= 0.3 is 6.03 Å². The minimum Gasteiger partial charge on any atom is -0.497 e. The van der Waals surface area contributed by atoms with Crippen molar-refractivity contribution in [3.05, 3.63) is 77.1 Å². The smallest absolute Gasteiger partial charge is 0.326 e. The van der Waals surface area contributed by atoms with Crippen molar-refractivity contribution in [2.75, 3.05) is 43.8 Å². The molecule has 2 aromatic carbocycles. The molecule has 1 saturated heterocycles. The van der Waals surface area contributed by atoms with Gasteiger partial charge in [-0.1, -0.05) is 46.8 Å². The van der Waals surface area contributed by atoms with Crippen LogP contribution >= 0.6 is 0 Å². The number of aromatic nitrogens is 3. The first-order valence-electron chi connectivity index (χ1n) is 17.5. The molecule has 0 spiro atoms. The maximum atomic E-state index is 13.6. The summed E-state index contributed by atoms with van der Waals surface area (Å²) in [7, 11) is -0.380. The lowest BCUT2D eigenvalue weighted by Crippen LogP contribution is -2.46. The molecule has 2 aliphatic heterocycles. The Kier molecular flexibility index (Phi) is 10.1. The van der Waals surface area contributed by atoms with Gasteiger partial charge in [0.25, 0.3) is 0 Å². The van der Waals surface area contributed by atoms with Gasteiger partial charge in [-0.05, 0) is 66.9 Å². The van der Waals surface area contributed by atoms with Crippen LogP contribution in [0.5, 0.6) is 17.2 Å². The lowest BCUT2D eigenvalue weighted by molar-refractivity contribution is 0.173. The van der Waals surface area contributed by atoms with Gasteiger partial charge in [-0.25, -0.2) is 14.5 Å². The molecule has 4 heterocycles. The number of nitrogens with zero attached hydrogens (tertiary/aromatic N) is 5. The Hall–Kier alpha value is -4.55. The molecule has 0 atom stereocenters. The molecule has 4 aromatic rings. The van der Waals surface area contributed by atoms with Gasteiger partial charge in [0.2, 0.25) is 6.79 Å². The number of urea groups is 1. The summed E-state index contributed by atoms with van der Waals surface area (Å²) in [5.74, 6) is 3.63. The minimum absolute atomic E-state index is 0.0613. The topological polar surface area (TPSA) is 103 Å². The number of nitrogens with one attached hydrogen (secondary N) is 1. The van der Waals surface area contributed by atoms with Crippen molar-refractivity contribution in [3.63, 3.8) is 0 Å². The number of carbonyl (C=O) groups is 1. The molecule has 0 unspecified atom stereocenters. The first kappa shape index (κ1) is 35.3. The Morgan fingerprint density at radius 1 is 1.00 bits per heavy atom. The number of aryl methyl sites for hydroxylation is 1. The molecule has 0 aliphatic carbocycles. The molecule has 2 aromatic heterocycles. The molecule has 0 radical (unpaired) electrons. The second-order valence-electron chi connectivity index (χ2n) is 14.1. The highest BCUT2D eigenvalue weighted by atomic mass is 28.4. The van der Waals surface area contributed by atoms with Crippen LogP contribution in [0.4, 0.5) is 22.1 Å². The Balaban J connectivity index is 1.30. The summed E-state index contributed by atoms with van der Waals surface area (Å²) in [6.07, 6.45) is 2.56. The predicted octanol–water partition coefficient (Wildman–Crippen LogP) is 8.15. The number of fused-ring (bicyclic) bond motifs is 1. The van der Waals surface area contributed by atoms with Crippen LogP contribution in [0.1, 0.15) is 57.0 Å². The van der Waals surface area contributed by atoms with Crippen molar-refractivity contribution in [3.8, 4) is 22.9 Å². The van der Waals surface area contributed by atoms with Gasteiger partial charge in [-0.3, -0.25) is 4.90 Å². The third kappa shape index (κ3) is 6.91. The van der Waals surface area contributed by atoms with Crippen LogP contribution in [0, 0.1) is 13.8 Å². The summed E-state index contributed by atoms with van der Waals surface area (Å²) in [5.41, 5.74) is 5.61. The number of methoxy groups -OCH3 is 1. The monoisotopic (exact) mass is 698 g/mol. The number of rotatable bonds is 13. The maximum Gasteiger partial charge on any atom is 0.326 e. The van der Waals surface area contributed by atoms with Crippen molar-refractivity contribution < 1.29 is 23.4 Å². The number of amides is 2. The van der Waals surface area contributed by atoms with Crippen molar-refractivity contribution in [2.45, 2.75) is 78.6 Å². The molecule has 12 heteroatoms. The molecular weight excluding hydrogens is 649 g/mol. The molecule has 11 nitrogen and oxygen atoms in total. The van der Waals surface area contributed by atoms with Crippen LogP contribution in [0.25, 0.3) is 5.69 Å². The van der Waals surface area contributed by atoms with Crippen LogP contribution in [0.15, 0.2) is 54.7 Å². The molecule has 2 amide bonds. The Bertz CT molecular complexity index is 1830. The van der Waals surface area contributed by atoms with E-state index in [2.05, 4.69) is 46.0 Å². The predicted molar refractivity (Wildman–Crippen MR) is 199 cm³/mol. The number of anilines is 3. The first-order chi connectivity index (χ1) is 24.0. The third-order valence-electron chi connectivity index (χ3n) is 10.2. The standard InChI is InChI=1S/C38H50N6O5Si/c1-9-50(10-2,38(5,6)7)49-22-18-30-32(23-26(3)39-36(30)40-31-15-16-33-35(27(31)4)48-25-47-33)44-19-17-34(41-44)43-21-20-42(37(43)45)24-28-11-13-29(46-8)14-12-28/h11-17,19,23H,9-10,18,20-22,24-25H2,1-8H3,(H,39,40). The number of hydrogen-bond acceptors (Lipinski definition) is 8. The van der Waals surface area contributed by atoms with E-state index in [1.807, 2.05) is 72.1 Å². The van der Waals surface area contributed by atoms with Crippen LogP contribution < -0.4 is 24.4 Å². The molecule has 0 saturated carbocycles. The first-order valence-corrected chi connectivity index (χ1v) is 19.8. The highest BCUT2D eigenvalue weighted by Gasteiger charge is 2.43. The second kappa shape index (κ2) is 14.4. The van der Waals surface area contributed by atoms with E-state index >= 15 is 0 Å². The van der Waals surface area contributed by atoms with Gasteiger partial charge in [0.1, 0.15) is 11.6 Å². The van der Waals surface area contributed by atoms with Crippen LogP contribution in [0.3, 0.4) is 0 Å². The molecule has 266 valence electrons. The summed E-state index contributed by atoms with van der Waals surface area (Å²) in [6.45, 7) is 17.9. The zero-order valence-corrected chi connectivity index (χ0v) is 31.6. The maximum absolute atomic E-state index is 13.6. The normalized spacial score (nSPS) is 14.5. The molecule has 1 fully saturated rings. The van der Waals surface area contributed by atoms with Gasteiger partial charge in [0.05, 0.1) is 12.8 Å². The average molecular weight is 699 g/mol. The fourth-order valence-corrected chi connectivity index (χ4v) is 11.1. The zero-order chi connectivity index (χ0) is 35.6. The van der Waals surface area contributed by atoms with Crippen molar-refractivity contribution >= 4 is 31.7 Å². The Morgan fingerprint density at radius 3 is 2.46 bits per heavy atom. The number of pyridine rings is 1. The average Bonchev–Trinajstić information content (AvgIpc) is 3.86. The van der Waals surface area contributed by atoms with Crippen LogP contribution in [-0.4, -0.2) is 67.6 Å². The molecule has 0 bridgehead atoms. The minimum atomic E-state index is -2.03. The summed E-state index contributed by atoms with van der Waals surface area (Å²) in [4.78, 5) is 22.2. The summed E-state index contributed by atoms with van der Waals surface area (Å²) >= 11 is 0. The van der Waals surface area contributed by atoms with E-state index in [1.54, 1.807) is 12.0 Å². The van der Waals surface area contributed by atoms with E-state index < -0.39 is 8.32 Å². The van der Waals surface area contributed by atoms with Crippen molar-refractivity contribution in [2.24, 2.45) is 0 Å².